The van der Waals surface area contributed by atoms with Crippen LogP contribution in [-0.2, 0) is 16.1 Å². The highest BCUT2D eigenvalue weighted by Gasteiger charge is 2.30. The van der Waals surface area contributed by atoms with Gasteiger partial charge in [0.1, 0.15) is 0 Å². The van der Waals surface area contributed by atoms with Crippen LogP contribution in [0.25, 0.3) is 0 Å². The number of nitrogens with zero attached hydrogens (tertiary/aromatic N) is 3. The largest absolute Gasteiger partial charge is 0.466 e. The molecule has 6 nitrogen and oxygen atoms in total. The van der Waals surface area contributed by atoms with Gasteiger partial charge in [-0.15, -0.1) is 0 Å². The van der Waals surface area contributed by atoms with E-state index in [-0.39, 0.29) is 17.8 Å². The quantitative estimate of drug-likeness (QED) is 0.760. The average Bonchev–Trinajstić information content (AvgIpc) is 2.97. The monoisotopic (exact) mass is 369 g/mol. The Morgan fingerprint density at radius 3 is 2.59 bits per heavy atom. The van der Waals surface area contributed by atoms with E-state index in [1.807, 2.05) is 49.9 Å². The van der Waals surface area contributed by atoms with Crippen LogP contribution in [0.5, 0.6) is 0 Å². The van der Waals surface area contributed by atoms with E-state index in [0.29, 0.717) is 39.1 Å². The summed E-state index contributed by atoms with van der Waals surface area (Å²) in [6.07, 6.45) is 3.11. The summed E-state index contributed by atoms with van der Waals surface area (Å²) in [4.78, 5) is 31.1. The zero-order chi connectivity index (χ0) is 19.4. The van der Waals surface area contributed by atoms with E-state index in [2.05, 4.69) is 9.55 Å². The normalized spacial score (nSPS) is 15.0. The standard InChI is InChI=1S/C21H27N3O3/c1-4-27-21(26)17-8-11-23(12-9-17)20(25)19-13-15(2)24(16(19)3)14-18-7-5-6-10-22-18/h5-7,10,13,17H,4,8-9,11-12,14H2,1-3H3. The first-order valence-electron chi connectivity index (χ1n) is 9.53. The third kappa shape index (κ3) is 4.21. The molecule has 0 spiro atoms. The Labute approximate surface area is 160 Å². The number of carbonyl (C=O) groups excluding carboxylic acids is 2. The van der Waals surface area contributed by atoms with Gasteiger partial charge in [0.25, 0.3) is 5.91 Å². The minimum Gasteiger partial charge on any atom is -0.466 e. The molecule has 3 heterocycles. The second kappa shape index (κ2) is 8.37. The summed E-state index contributed by atoms with van der Waals surface area (Å²) >= 11 is 0. The van der Waals surface area contributed by atoms with Crippen molar-refractivity contribution in [3.8, 4) is 0 Å². The number of pyridine rings is 1. The number of piperidine rings is 1. The Morgan fingerprint density at radius 1 is 1.22 bits per heavy atom. The predicted molar refractivity (Wildman–Crippen MR) is 103 cm³/mol. The lowest BCUT2D eigenvalue weighted by Crippen LogP contribution is -2.40. The molecule has 0 radical (unpaired) electrons. The lowest BCUT2D eigenvalue weighted by molar-refractivity contribution is -0.149. The van der Waals surface area contributed by atoms with E-state index >= 15 is 0 Å². The Kier molecular flexibility index (Phi) is 5.94. The van der Waals surface area contributed by atoms with Gasteiger partial charge < -0.3 is 14.2 Å². The fourth-order valence-corrected chi connectivity index (χ4v) is 3.66. The lowest BCUT2D eigenvalue weighted by atomic mass is 9.96. The van der Waals surface area contributed by atoms with E-state index in [0.717, 1.165) is 22.6 Å². The Bertz CT molecular complexity index is 806. The minimum absolute atomic E-state index is 0.0395. The number of hydrogen-bond acceptors (Lipinski definition) is 4. The zero-order valence-corrected chi connectivity index (χ0v) is 16.3. The topological polar surface area (TPSA) is 64.4 Å². The molecule has 0 unspecified atom stereocenters. The second-order valence-electron chi connectivity index (χ2n) is 7.01. The van der Waals surface area contributed by atoms with E-state index in [9.17, 15) is 9.59 Å². The number of carbonyl (C=O) groups is 2. The van der Waals surface area contributed by atoms with Gasteiger partial charge in [0, 0.05) is 30.7 Å². The number of aryl methyl sites for hydroxylation is 1. The molecule has 27 heavy (non-hydrogen) atoms. The molecule has 0 saturated carbocycles. The molecule has 0 atom stereocenters. The van der Waals surface area contributed by atoms with Gasteiger partial charge in [-0.05, 0) is 51.8 Å². The maximum absolute atomic E-state index is 13.0. The van der Waals surface area contributed by atoms with Crippen molar-refractivity contribution in [1.29, 1.82) is 0 Å². The van der Waals surface area contributed by atoms with Gasteiger partial charge in [0.05, 0.1) is 30.3 Å². The molecule has 2 aromatic rings. The van der Waals surface area contributed by atoms with Crippen LogP contribution in [0.4, 0.5) is 0 Å². The average molecular weight is 369 g/mol. The molecule has 1 amide bonds. The highest BCUT2D eigenvalue weighted by atomic mass is 16.5. The van der Waals surface area contributed by atoms with Crippen molar-refractivity contribution in [2.75, 3.05) is 19.7 Å². The van der Waals surface area contributed by atoms with Crippen molar-refractivity contribution in [2.24, 2.45) is 5.92 Å². The summed E-state index contributed by atoms with van der Waals surface area (Å²) < 4.78 is 7.23. The zero-order valence-electron chi connectivity index (χ0n) is 16.3. The minimum atomic E-state index is -0.141. The molecule has 2 aromatic heterocycles. The summed E-state index contributed by atoms with van der Waals surface area (Å²) in [6.45, 7) is 8.04. The van der Waals surface area contributed by atoms with E-state index < -0.39 is 0 Å². The van der Waals surface area contributed by atoms with E-state index in [1.54, 1.807) is 6.20 Å². The van der Waals surface area contributed by atoms with Gasteiger partial charge in [0.2, 0.25) is 0 Å². The molecule has 0 aromatic carbocycles. The van der Waals surface area contributed by atoms with Crippen molar-refractivity contribution in [3.05, 3.63) is 53.1 Å². The van der Waals surface area contributed by atoms with Crippen LogP contribution in [-0.4, -0.2) is 46.0 Å². The number of hydrogen-bond donors (Lipinski definition) is 0. The van der Waals surface area contributed by atoms with Gasteiger partial charge in [0.15, 0.2) is 0 Å². The molecule has 1 aliphatic rings. The molecule has 6 heteroatoms. The first-order valence-corrected chi connectivity index (χ1v) is 9.53. The van der Waals surface area contributed by atoms with E-state index in [1.165, 1.54) is 0 Å². The summed E-state index contributed by atoms with van der Waals surface area (Å²) in [5.74, 6) is -0.193. The fraction of sp³-hybridized carbons (Fsp3) is 0.476. The predicted octanol–water partition coefficient (Wildman–Crippen LogP) is 2.96. The summed E-state index contributed by atoms with van der Waals surface area (Å²) in [5.41, 5.74) is 3.70. The molecule has 144 valence electrons. The third-order valence-electron chi connectivity index (χ3n) is 5.25. The number of likely N-dealkylation sites (tertiary alicyclic amines) is 1. The first-order chi connectivity index (χ1) is 13.0. The van der Waals surface area contributed by atoms with Crippen molar-refractivity contribution in [3.63, 3.8) is 0 Å². The SMILES string of the molecule is CCOC(=O)C1CCN(C(=O)c2cc(C)n(Cc3ccccn3)c2C)CC1. The molecular weight excluding hydrogens is 342 g/mol. The number of rotatable bonds is 5. The van der Waals surface area contributed by atoms with E-state index in [4.69, 9.17) is 4.74 Å². The number of aromatic nitrogens is 2. The second-order valence-corrected chi connectivity index (χ2v) is 7.01. The smallest absolute Gasteiger partial charge is 0.309 e. The van der Waals surface area contributed by atoms with Gasteiger partial charge >= 0.3 is 5.97 Å². The number of ether oxygens (including phenoxy) is 1. The van der Waals surface area contributed by atoms with Crippen LogP contribution in [0.1, 0.15) is 47.2 Å². The molecular formula is C21H27N3O3. The third-order valence-corrected chi connectivity index (χ3v) is 5.25. The van der Waals surface area contributed by atoms with Crippen LogP contribution >= 0.6 is 0 Å². The molecule has 1 saturated heterocycles. The van der Waals surface area contributed by atoms with Crippen LogP contribution in [0.15, 0.2) is 30.5 Å². The molecule has 1 aliphatic heterocycles. The van der Waals surface area contributed by atoms with Crippen LogP contribution in [0, 0.1) is 19.8 Å². The van der Waals surface area contributed by atoms with Gasteiger partial charge in [-0.2, -0.15) is 0 Å². The molecule has 0 aliphatic carbocycles. The van der Waals surface area contributed by atoms with Crippen molar-refractivity contribution >= 4 is 11.9 Å². The molecule has 0 N–H and O–H groups in total. The van der Waals surface area contributed by atoms with Gasteiger partial charge in [-0.25, -0.2) is 0 Å². The highest BCUT2D eigenvalue weighted by Crippen LogP contribution is 2.23. The summed E-state index contributed by atoms with van der Waals surface area (Å²) in [7, 11) is 0. The summed E-state index contributed by atoms with van der Waals surface area (Å²) in [5, 5.41) is 0. The highest BCUT2D eigenvalue weighted by molar-refractivity contribution is 5.96. The number of amides is 1. The van der Waals surface area contributed by atoms with Gasteiger partial charge in [-0.3, -0.25) is 14.6 Å². The molecule has 3 rings (SSSR count). The van der Waals surface area contributed by atoms with Crippen molar-refractivity contribution < 1.29 is 14.3 Å². The lowest BCUT2D eigenvalue weighted by Gasteiger charge is -2.31. The fourth-order valence-electron chi connectivity index (χ4n) is 3.66. The molecule has 1 fully saturated rings. The van der Waals surface area contributed by atoms with Crippen LogP contribution in [0.2, 0.25) is 0 Å². The first kappa shape index (κ1) is 19.1. The maximum atomic E-state index is 13.0. The Hall–Kier alpha value is -2.63. The van der Waals surface area contributed by atoms with Crippen molar-refractivity contribution in [1.82, 2.24) is 14.5 Å². The van der Waals surface area contributed by atoms with Crippen LogP contribution in [0.3, 0.4) is 0 Å². The Balaban J connectivity index is 1.69. The Morgan fingerprint density at radius 2 is 1.96 bits per heavy atom. The van der Waals surface area contributed by atoms with Crippen LogP contribution < -0.4 is 0 Å². The summed E-state index contributed by atoms with van der Waals surface area (Å²) in [6, 6.07) is 7.81. The molecule has 0 bridgehead atoms. The van der Waals surface area contributed by atoms with Crippen molar-refractivity contribution in [2.45, 2.75) is 40.2 Å². The number of esters is 1. The maximum Gasteiger partial charge on any atom is 0.309 e. The van der Waals surface area contributed by atoms with Gasteiger partial charge in [-0.1, -0.05) is 6.07 Å².